The minimum absolute atomic E-state index is 0.308. The highest BCUT2D eigenvalue weighted by Gasteiger charge is 2.02. The molecule has 4 nitrogen and oxygen atoms in total. The van der Waals surface area contributed by atoms with Gasteiger partial charge in [0, 0.05) is 5.57 Å². The van der Waals surface area contributed by atoms with Crippen molar-refractivity contribution in [1.29, 1.82) is 0 Å². The van der Waals surface area contributed by atoms with Crippen molar-refractivity contribution in [1.82, 2.24) is 0 Å². The number of benzene rings is 2. The van der Waals surface area contributed by atoms with E-state index >= 15 is 0 Å². The minimum Gasteiger partial charge on any atom is -0.497 e. The second-order valence-electron chi connectivity index (χ2n) is 6.70. The molecule has 0 fully saturated rings. The Balaban J connectivity index is 1.61. The van der Waals surface area contributed by atoms with Crippen LogP contribution in [0.5, 0.6) is 11.5 Å². The van der Waals surface area contributed by atoms with Crippen LogP contribution in [0.25, 0.3) is 0 Å². The molecule has 0 radical (unpaired) electrons. The van der Waals surface area contributed by atoms with Crippen molar-refractivity contribution in [2.24, 2.45) is 0 Å². The van der Waals surface area contributed by atoms with Crippen LogP contribution in [-0.4, -0.2) is 31.7 Å². The molecule has 0 spiro atoms. The van der Waals surface area contributed by atoms with Gasteiger partial charge in [0.15, 0.2) is 0 Å². The van der Waals surface area contributed by atoms with Gasteiger partial charge in [-0.2, -0.15) is 11.4 Å². The van der Waals surface area contributed by atoms with E-state index < -0.39 is 0 Å². The Morgan fingerprint density at radius 2 is 1.55 bits per heavy atom. The molecular formula is C24H30O4S. The summed E-state index contributed by atoms with van der Waals surface area (Å²) in [5.74, 6) is 1.45. The number of carbonyl (C=O) groups excluding carboxylic acids is 1. The van der Waals surface area contributed by atoms with E-state index in [-0.39, 0.29) is 5.97 Å². The lowest BCUT2D eigenvalue weighted by Crippen LogP contribution is -2.06. The van der Waals surface area contributed by atoms with Gasteiger partial charge in [0.05, 0.1) is 20.3 Å². The molecule has 2 aromatic carbocycles. The van der Waals surface area contributed by atoms with Crippen molar-refractivity contribution in [3.63, 3.8) is 0 Å². The Bertz CT molecular complexity index is 795. The fraction of sp³-hybridized carbons (Fsp3) is 0.333. The Labute approximate surface area is 177 Å². The van der Waals surface area contributed by atoms with Crippen LogP contribution in [0.2, 0.25) is 0 Å². The second-order valence-corrected chi connectivity index (χ2v) is 7.74. The van der Waals surface area contributed by atoms with E-state index in [1.54, 1.807) is 14.0 Å². The molecule has 156 valence electrons. The van der Waals surface area contributed by atoms with Crippen molar-refractivity contribution < 1.29 is 19.0 Å². The van der Waals surface area contributed by atoms with E-state index in [1.165, 1.54) is 10.5 Å². The van der Waals surface area contributed by atoms with Crippen LogP contribution in [0.15, 0.2) is 65.6 Å². The van der Waals surface area contributed by atoms with Gasteiger partial charge in [-0.05, 0) is 84.8 Å². The van der Waals surface area contributed by atoms with E-state index in [9.17, 15) is 4.79 Å². The van der Waals surface area contributed by atoms with Gasteiger partial charge in [-0.1, -0.05) is 18.7 Å². The summed E-state index contributed by atoms with van der Waals surface area (Å²) in [6, 6.07) is 16.2. The lowest BCUT2D eigenvalue weighted by Gasteiger charge is -2.07. The lowest BCUT2D eigenvalue weighted by molar-refractivity contribution is -0.139. The van der Waals surface area contributed by atoms with Crippen LogP contribution in [0.1, 0.15) is 38.2 Å². The predicted molar refractivity (Wildman–Crippen MR) is 122 cm³/mol. The fourth-order valence-corrected chi connectivity index (χ4v) is 3.29. The van der Waals surface area contributed by atoms with Crippen LogP contribution < -0.4 is 9.47 Å². The first-order chi connectivity index (χ1) is 14.1. The highest BCUT2D eigenvalue weighted by molar-refractivity contribution is 7.97. The highest BCUT2D eigenvalue weighted by Crippen LogP contribution is 2.18. The number of hydrogen-bond acceptors (Lipinski definition) is 4. The van der Waals surface area contributed by atoms with Crippen LogP contribution in [0, 0.1) is 0 Å². The molecule has 0 aliphatic heterocycles. The zero-order valence-electron chi connectivity index (χ0n) is 17.2. The molecule has 0 unspecified atom stereocenters. The van der Waals surface area contributed by atoms with Crippen molar-refractivity contribution in [3.05, 3.63) is 66.2 Å². The summed E-state index contributed by atoms with van der Waals surface area (Å²) in [5, 5.41) is 2.17. The summed E-state index contributed by atoms with van der Waals surface area (Å²) < 4.78 is 16.0. The first kappa shape index (κ1) is 22.8. The zero-order chi connectivity index (χ0) is 20.9. The number of rotatable bonds is 12. The molecule has 0 aliphatic rings. The summed E-state index contributed by atoms with van der Waals surface area (Å²) in [5.41, 5.74) is 1.61. The number of unbranched alkanes of at least 4 members (excludes halogenated alkanes) is 3. The molecule has 29 heavy (non-hydrogen) atoms. The molecule has 0 bridgehead atoms. The quantitative estimate of drug-likeness (QED) is 0.165. The van der Waals surface area contributed by atoms with Crippen LogP contribution in [-0.2, 0) is 9.53 Å². The van der Waals surface area contributed by atoms with E-state index in [4.69, 9.17) is 14.2 Å². The highest BCUT2D eigenvalue weighted by atomic mass is 32.1. The summed E-state index contributed by atoms with van der Waals surface area (Å²) in [4.78, 5) is 12.5. The van der Waals surface area contributed by atoms with Gasteiger partial charge in [-0.15, -0.1) is 0 Å². The SMILES string of the molecule is C=C(C)C(=O)OCCCCCCOc1ccc(C=[SH]c2ccc(OC)cc2)cc1. The molecule has 0 aromatic heterocycles. The second kappa shape index (κ2) is 12.8. The predicted octanol–water partition coefficient (Wildman–Crippen LogP) is 5.43. The molecule has 0 N–H and O–H groups in total. The van der Waals surface area contributed by atoms with Crippen molar-refractivity contribution in [3.8, 4) is 11.5 Å². The fourth-order valence-electron chi connectivity index (χ4n) is 2.50. The summed E-state index contributed by atoms with van der Waals surface area (Å²) in [7, 11) is 1.67. The molecule has 0 heterocycles. The average Bonchev–Trinajstić information content (AvgIpc) is 2.75. The molecule has 0 saturated carbocycles. The topological polar surface area (TPSA) is 44.8 Å². The molecule has 5 heteroatoms. The molecule has 2 aromatic rings. The first-order valence-electron chi connectivity index (χ1n) is 9.82. The maximum Gasteiger partial charge on any atom is 0.333 e. The summed E-state index contributed by atoms with van der Waals surface area (Å²) in [6.45, 7) is 6.37. The Morgan fingerprint density at radius 3 is 2.17 bits per heavy atom. The lowest BCUT2D eigenvalue weighted by atomic mass is 10.2. The van der Waals surface area contributed by atoms with Crippen LogP contribution in [0.4, 0.5) is 0 Å². The standard InChI is InChI=1S/C24H30O4S/c1-19(2)24(25)28-17-7-5-4-6-16-27-22-10-8-20(9-11-22)18-29-23-14-12-21(26-3)13-15-23/h8-15,18,29H,1,4-7,16-17H2,2-3H3. The normalized spacial score (nSPS) is 11.0. The van der Waals surface area contributed by atoms with E-state index in [2.05, 4.69) is 36.2 Å². The molecule has 2 rings (SSSR count). The number of carbonyl (C=O) groups is 1. The number of methoxy groups -OCH3 is 1. The van der Waals surface area contributed by atoms with Gasteiger partial charge in [0.1, 0.15) is 11.5 Å². The summed E-state index contributed by atoms with van der Waals surface area (Å²) >= 11 is 1.15. The largest absolute Gasteiger partial charge is 0.497 e. The Hall–Kier alpha value is -2.53. The average molecular weight is 415 g/mol. The Kier molecular flexibility index (Phi) is 10.1. The van der Waals surface area contributed by atoms with Gasteiger partial charge in [0.25, 0.3) is 0 Å². The number of esters is 1. The third-order valence-corrected chi connectivity index (χ3v) is 5.23. The van der Waals surface area contributed by atoms with Gasteiger partial charge in [0.2, 0.25) is 0 Å². The van der Waals surface area contributed by atoms with Crippen molar-refractivity contribution >= 4 is 22.7 Å². The van der Waals surface area contributed by atoms with E-state index in [1.807, 2.05) is 24.3 Å². The maximum absolute atomic E-state index is 11.2. The summed E-state index contributed by atoms with van der Waals surface area (Å²) in [6.07, 6.45) is 3.93. The smallest absolute Gasteiger partial charge is 0.333 e. The third kappa shape index (κ3) is 9.01. The third-order valence-electron chi connectivity index (χ3n) is 4.20. The Morgan fingerprint density at radius 1 is 0.931 bits per heavy atom. The zero-order valence-corrected chi connectivity index (χ0v) is 18.1. The van der Waals surface area contributed by atoms with Gasteiger partial charge in [-0.25, -0.2) is 4.79 Å². The maximum atomic E-state index is 11.2. The first-order valence-corrected chi connectivity index (χ1v) is 10.8. The molecular weight excluding hydrogens is 384 g/mol. The van der Waals surface area contributed by atoms with Gasteiger partial charge in [-0.3, -0.25) is 0 Å². The van der Waals surface area contributed by atoms with E-state index in [0.29, 0.717) is 18.8 Å². The van der Waals surface area contributed by atoms with Gasteiger partial charge >= 0.3 is 5.97 Å². The van der Waals surface area contributed by atoms with Crippen molar-refractivity contribution in [2.45, 2.75) is 37.5 Å². The van der Waals surface area contributed by atoms with Gasteiger partial charge < -0.3 is 14.2 Å². The number of hydrogen-bond donors (Lipinski definition) is 1. The monoisotopic (exact) mass is 414 g/mol. The molecule has 0 saturated heterocycles. The van der Waals surface area contributed by atoms with Crippen LogP contribution >= 0.6 is 11.4 Å². The number of ether oxygens (including phenoxy) is 3. The molecule has 0 amide bonds. The molecule has 0 atom stereocenters. The van der Waals surface area contributed by atoms with E-state index in [0.717, 1.165) is 48.5 Å². The minimum atomic E-state index is -0.308. The molecule has 0 aliphatic carbocycles. The number of thiol groups is 1. The van der Waals surface area contributed by atoms with Crippen molar-refractivity contribution in [2.75, 3.05) is 20.3 Å². The van der Waals surface area contributed by atoms with Crippen LogP contribution in [0.3, 0.4) is 0 Å².